The van der Waals surface area contributed by atoms with Gasteiger partial charge in [0, 0.05) is 5.69 Å². The van der Waals surface area contributed by atoms with Crippen LogP contribution in [0.4, 0.5) is 21.0 Å². The molecule has 0 aliphatic rings. The zero-order valence-corrected chi connectivity index (χ0v) is 30.7. The smallest absolute Gasteiger partial charge is 0.0565 e. The Morgan fingerprint density at radius 1 is 0.739 bits per heavy atom. The van der Waals surface area contributed by atoms with E-state index < -0.39 is 48.7 Å². The Hall–Kier alpha value is -3.85. The number of anilines is 2. The third-order valence-electron chi connectivity index (χ3n) is 6.39. The summed E-state index contributed by atoms with van der Waals surface area (Å²) in [6, 6.07) is 11.3. The zero-order chi connectivity index (χ0) is 34.4. The van der Waals surface area contributed by atoms with Gasteiger partial charge in [0.05, 0.1) is 12.2 Å². The minimum Gasteiger partial charge on any atom is -0.0565 e. The summed E-state index contributed by atoms with van der Waals surface area (Å²) in [5, 5.41) is 6.85. The molecular formula is C32H46N4O9Sn. The SMILES string of the molecule is CCOC(=O)c1ccc(NC(=O)OC(C)CN(CC(C)OC(=O)Nc2ccc(C(=O)OCC)[c]([Sn]([CH3])([CH3])[CH3])c2)NC(=O)CC)cc1. The van der Waals surface area contributed by atoms with Crippen molar-refractivity contribution in [2.45, 2.75) is 68.1 Å². The Labute approximate surface area is 274 Å². The first-order valence-corrected chi connectivity index (χ1v) is 25.2. The molecule has 2 aromatic carbocycles. The van der Waals surface area contributed by atoms with E-state index in [1.807, 2.05) is 0 Å². The standard InChI is InChI=1S/C29H37N4O9.3CH3.Sn/c1-6-25(34)32-33(17-19(4)41-28(37)30-23-13-9-21(10-14-23)26(35)39-7-2)18-20(5)42-29(38)31-24-15-11-22(12-16-24)27(36)40-8-3;;;;/h9-11,13-16,19-20H,6-8,17-18H2,1-5H3,(H,30,37)(H,31,38)(H,32,34);3*1H3;. The molecule has 0 aliphatic heterocycles. The molecule has 3 N–H and O–H groups in total. The Morgan fingerprint density at radius 3 is 1.74 bits per heavy atom. The third-order valence-corrected chi connectivity index (χ3v) is 12.2. The second-order valence-electron chi connectivity index (χ2n) is 11.5. The molecule has 0 fully saturated rings. The summed E-state index contributed by atoms with van der Waals surface area (Å²) in [7, 11) is 0. The molecule has 2 aromatic rings. The summed E-state index contributed by atoms with van der Waals surface area (Å²) in [6.45, 7) is 9.23. The maximum absolute atomic E-state index is 12.8. The predicted octanol–water partition coefficient (Wildman–Crippen LogP) is 4.90. The maximum atomic E-state index is 12.8. The number of carbonyl (C=O) groups is 5. The number of ether oxygens (including phenoxy) is 4. The Balaban J connectivity index is 1.99. The van der Waals surface area contributed by atoms with E-state index in [1.54, 1.807) is 65.0 Å². The van der Waals surface area contributed by atoms with Crippen molar-refractivity contribution in [2.24, 2.45) is 0 Å². The van der Waals surface area contributed by atoms with Gasteiger partial charge in [-0.15, -0.1) is 0 Å². The average Bonchev–Trinajstić information content (AvgIpc) is 2.96. The molecule has 0 radical (unpaired) electrons. The van der Waals surface area contributed by atoms with E-state index in [1.165, 1.54) is 17.1 Å². The molecule has 2 unspecified atom stereocenters. The van der Waals surface area contributed by atoms with Crippen LogP contribution in [-0.2, 0) is 23.7 Å². The van der Waals surface area contributed by atoms with Gasteiger partial charge < -0.3 is 4.74 Å². The van der Waals surface area contributed by atoms with Crippen LogP contribution < -0.4 is 19.6 Å². The van der Waals surface area contributed by atoms with Crippen LogP contribution in [0.25, 0.3) is 0 Å². The van der Waals surface area contributed by atoms with Crippen molar-refractivity contribution in [3.05, 3.63) is 53.6 Å². The first-order chi connectivity index (χ1) is 21.7. The molecule has 2 rings (SSSR count). The van der Waals surface area contributed by atoms with Gasteiger partial charge in [0.15, 0.2) is 0 Å². The Kier molecular flexibility index (Phi) is 15.3. The number of esters is 2. The number of amides is 3. The van der Waals surface area contributed by atoms with Gasteiger partial charge in [-0.1, -0.05) is 6.92 Å². The minimum absolute atomic E-state index is 0.105. The summed E-state index contributed by atoms with van der Waals surface area (Å²) in [5.41, 5.74) is 4.52. The quantitative estimate of drug-likeness (QED) is 0.0989. The number of nitrogens with one attached hydrogen (secondary N) is 3. The summed E-state index contributed by atoms with van der Waals surface area (Å²) >= 11 is -2.79. The van der Waals surface area contributed by atoms with E-state index in [2.05, 4.69) is 30.9 Å². The Bertz CT molecular complexity index is 1360. The molecule has 0 saturated heterocycles. The fraction of sp³-hybridized carbons (Fsp3) is 0.469. The molecule has 13 nitrogen and oxygen atoms in total. The van der Waals surface area contributed by atoms with Crippen LogP contribution in [0, 0.1) is 0 Å². The van der Waals surface area contributed by atoms with Crippen LogP contribution in [-0.4, -0.2) is 91.9 Å². The summed E-state index contributed by atoms with van der Waals surface area (Å²) < 4.78 is 22.1. The van der Waals surface area contributed by atoms with Crippen molar-refractivity contribution in [3.63, 3.8) is 0 Å². The number of hydrogen-bond acceptors (Lipinski definition) is 10. The van der Waals surface area contributed by atoms with Crippen LogP contribution in [0.3, 0.4) is 0 Å². The molecule has 0 aromatic heterocycles. The van der Waals surface area contributed by atoms with Crippen molar-refractivity contribution in [3.8, 4) is 0 Å². The molecule has 14 heteroatoms. The molecule has 0 bridgehead atoms. The minimum atomic E-state index is -2.79. The van der Waals surface area contributed by atoms with Gasteiger partial charge in [0.1, 0.15) is 0 Å². The second kappa shape index (κ2) is 18.3. The zero-order valence-electron chi connectivity index (χ0n) is 27.9. The van der Waals surface area contributed by atoms with Crippen LogP contribution in [0.15, 0.2) is 42.5 Å². The monoisotopic (exact) mass is 750 g/mol. The van der Waals surface area contributed by atoms with E-state index in [0.29, 0.717) is 22.5 Å². The molecule has 3 amide bonds. The first kappa shape index (κ1) is 38.3. The van der Waals surface area contributed by atoms with Gasteiger partial charge >= 0.3 is 200 Å². The van der Waals surface area contributed by atoms with Gasteiger partial charge in [0.2, 0.25) is 0 Å². The van der Waals surface area contributed by atoms with E-state index in [0.717, 1.165) is 3.58 Å². The van der Waals surface area contributed by atoms with Crippen molar-refractivity contribution < 1.29 is 42.9 Å². The molecule has 0 saturated carbocycles. The first-order valence-electron chi connectivity index (χ1n) is 15.2. The molecule has 2 atom stereocenters. The summed E-state index contributed by atoms with van der Waals surface area (Å²) in [5.74, 6) is -1.11. The predicted molar refractivity (Wildman–Crippen MR) is 177 cm³/mol. The summed E-state index contributed by atoms with van der Waals surface area (Å²) in [6.07, 6.45) is -2.55. The van der Waals surface area contributed by atoms with Crippen molar-refractivity contribution >= 4 is 63.4 Å². The van der Waals surface area contributed by atoms with Gasteiger partial charge in [-0.05, 0) is 31.2 Å². The van der Waals surface area contributed by atoms with Crippen LogP contribution in [0.2, 0.25) is 14.8 Å². The van der Waals surface area contributed by atoms with Gasteiger partial charge in [-0.2, -0.15) is 0 Å². The van der Waals surface area contributed by atoms with Crippen molar-refractivity contribution in [1.82, 2.24) is 10.4 Å². The van der Waals surface area contributed by atoms with Crippen molar-refractivity contribution in [1.29, 1.82) is 0 Å². The number of carbonyl (C=O) groups excluding carboxylic acids is 5. The van der Waals surface area contributed by atoms with E-state index in [-0.39, 0.29) is 44.6 Å². The molecule has 252 valence electrons. The summed E-state index contributed by atoms with van der Waals surface area (Å²) in [4.78, 5) is 68.3. The third kappa shape index (κ3) is 12.9. The number of hydrogen-bond donors (Lipinski definition) is 3. The van der Waals surface area contributed by atoms with E-state index >= 15 is 0 Å². The number of rotatable bonds is 15. The molecule has 46 heavy (non-hydrogen) atoms. The topological polar surface area (TPSA) is 162 Å². The number of nitrogens with zero attached hydrogens (tertiary/aromatic N) is 1. The van der Waals surface area contributed by atoms with Gasteiger partial charge in [0.25, 0.3) is 0 Å². The van der Waals surface area contributed by atoms with E-state index in [9.17, 15) is 24.0 Å². The Morgan fingerprint density at radius 2 is 1.24 bits per heavy atom. The van der Waals surface area contributed by atoms with Gasteiger partial charge in [-0.3, -0.25) is 5.32 Å². The fourth-order valence-corrected chi connectivity index (χ4v) is 8.82. The number of benzene rings is 2. The van der Waals surface area contributed by atoms with E-state index in [4.69, 9.17) is 18.9 Å². The molecular weight excluding hydrogens is 703 g/mol. The molecule has 0 heterocycles. The van der Waals surface area contributed by atoms with Crippen LogP contribution >= 0.6 is 0 Å². The molecule has 0 aliphatic carbocycles. The number of hydrazine groups is 1. The second-order valence-corrected chi connectivity index (χ2v) is 25.9. The van der Waals surface area contributed by atoms with Crippen molar-refractivity contribution in [2.75, 3.05) is 36.9 Å². The molecule has 0 spiro atoms. The van der Waals surface area contributed by atoms with Crippen LogP contribution in [0.5, 0.6) is 0 Å². The van der Waals surface area contributed by atoms with Crippen LogP contribution in [0.1, 0.15) is 61.8 Å². The normalized spacial score (nSPS) is 12.4. The van der Waals surface area contributed by atoms with Gasteiger partial charge in [-0.25, -0.2) is 9.59 Å². The fourth-order valence-electron chi connectivity index (χ4n) is 4.31. The average molecular weight is 749 g/mol.